The Balaban J connectivity index is 1.81. The SMILES string of the molecule is CSc1nnc(SCc2cc3ccccc3nc2N)s1. The summed E-state index contributed by atoms with van der Waals surface area (Å²) in [6.45, 7) is 0. The predicted molar refractivity (Wildman–Crippen MR) is 87.4 cm³/mol. The molecular formula is C13H12N4S3. The number of rotatable bonds is 4. The molecule has 0 spiro atoms. The summed E-state index contributed by atoms with van der Waals surface area (Å²) < 4.78 is 1.94. The summed E-state index contributed by atoms with van der Waals surface area (Å²) >= 11 is 4.86. The number of nitrogen functional groups attached to an aromatic ring is 1. The van der Waals surface area contributed by atoms with Crippen molar-refractivity contribution in [1.29, 1.82) is 0 Å². The lowest BCUT2D eigenvalue weighted by atomic mass is 10.1. The quantitative estimate of drug-likeness (QED) is 0.740. The number of benzene rings is 1. The summed E-state index contributed by atoms with van der Waals surface area (Å²) in [5, 5.41) is 9.34. The van der Waals surface area contributed by atoms with Crippen molar-refractivity contribution in [1.82, 2.24) is 15.2 Å². The number of aromatic nitrogens is 3. The molecule has 2 aromatic heterocycles. The molecule has 0 unspecified atom stereocenters. The van der Waals surface area contributed by atoms with Gasteiger partial charge in [0.1, 0.15) is 5.82 Å². The van der Waals surface area contributed by atoms with Crippen LogP contribution in [0.4, 0.5) is 5.82 Å². The zero-order chi connectivity index (χ0) is 13.9. The smallest absolute Gasteiger partial charge is 0.175 e. The van der Waals surface area contributed by atoms with E-state index in [0.717, 1.165) is 30.9 Å². The summed E-state index contributed by atoms with van der Waals surface area (Å²) in [5.74, 6) is 1.35. The molecule has 2 N–H and O–H groups in total. The van der Waals surface area contributed by atoms with Crippen LogP contribution in [0.3, 0.4) is 0 Å². The van der Waals surface area contributed by atoms with Gasteiger partial charge in [-0.3, -0.25) is 0 Å². The van der Waals surface area contributed by atoms with Gasteiger partial charge in [-0.2, -0.15) is 0 Å². The van der Waals surface area contributed by atoms with Crippen LogP contribution in [0.2, 0.25) is 0 Å². The van der Waals surface area contributed by atoms with Crippen molar-refractivity contribution >= 4 is 51.6 Å². The summed E-state index contributed by atoms with van der Waals surface area (Å²) in [4.78, 5) is 4.44. The molecule has 0 saturated carbocycles. The highest BCUT2D eigenvalue weighted by atomic mass is 32.2. The van der Waals surface area contributed by atoms with Crippen molar-refractivity contribution in [2.75, 3.05) is 12.0 Å². The first-order valence-corrected chi connectivity index (χ1v) is 8.93. The number of para-hydroxylation sites is 1. The average Bonchev–Trinajstić information content (AvgIpc) is 2.93. The Labute approximate surface area is 129 Å². The Hall–Kier alpha value is -1.31. The maximum Gasteiger partial charge on any atom is 0.175 e. The Bertz CT molecular complexity index is 741. The van der Waals surface area contributed by atoms with E-state index in [1.54, 1.807) is 34.9 Å². The molecule has 0 fully saturated rings. The maximum absolute atomic E-state index is 6.02. The summed E-state index contributed by atoms with van der Waals surface area (Å²) in [6.07, 6.45) is 2.00. The highest BCUT2D eigenvalue weighted by molar-refractivity contribution is 8.02. The number of fused-ring (bicyclic) bond motifs is 1. The normalized spacial score (nSPS) is 11.1. The number of anilines is 1. The van der Waals surface area contributed by atoms with E-state index >= 15 is 0 Å². The van der Waals surface area contributed by atoms with Crippen LogP contribution in [0.25, 0.3) is 10.9 Å². The molecule has 3 rings (SSSR count). The summed E-state index contributed by atoms with van der Waals surface area (Å²) in [5.41, 5.74) is 7.99. The number of thioether (sulfide) groups is 2. The molecule has 0 radical (unpaired) electrons. The van der Waals surface area contributed by atoms with E-state index in [9.17, 15) is 0 Å². The van der Waals surface area contributed by atoms with Crippen LogP contribution in [0.15, 0.2) is 39.0 Å². The van der Waals surface area contributed by atoms with E-state index in [4.69, 9.17) is 5.73 Å². The number of nitrogens with zero attached hydrogens (tertiary/aromatic N) is 3. The van der Waals surface area contributed by atoms with Gasteiger partial charge in [0.05, 0.1) is 5.52 Å². The maximum atomic E-state index is 6.02. The lowest BCUT2D eigenvalue weighted by Gasteiger charge is -2.05. The largest absolute Gasteiger partial charge is 0.383 e. The third kappa shape index (κ3) is 2.89. The van der Waals surface area contributed by atoms with E-state index in [2.05, 4.69) is 21.2 Å². The third-order valence-corrected chi connectivity index (χ3v) is 5.83. The second kappa shape index (κ2) is 5.99. The Morgan fingerprint density at radius 1 is 1.20 bits per heavy atom. The van der Waals surface area contributed by atoms with Crippen molar-refractivity contribution < 1.29 is 0 Å². The molecule has 0 saturated heterocycles. The molecule has 0 bridgehead atoms. The standard InChI is InChI=1S/C13H12N4S3/c1-18-12-16-17-13(20-12)19-7-9-6-8-4-2-3-5-10(8)15-11(9)14/h2-6H,7H2,1H3,(H2,14,15). The van der Waals surface area contributed by atoms with Crippen molar-refractivity contribution in [3.63, 3.8) is 0 Å². The van der Waals surface area contributed by atoms with Crippen molar-refractivity contribution in [2.45, 2.75) is 14.4 Å². The second-order valence-electron chi connectivity index (χ2n) is 4.05. The highest BCUT2D eigenvalue weighted by Gasteiger charge is 2.08. The van der Waals surface area contributed by atoms with Crippen molar-refractivity contribution in [3.05, 3.63) is 35.9 Å². The van der Waals surface area contributed by atoms with Gasteiger partial charge in [-0.1, -0.05) is 53.1 Å². The first-order chi connectivity index (χ1) is 9.76. The number of nitrogens with two attached hydrogens (primary N) is 1. The Kier molecular flexibility index (Phi) is 4.09. The minimum atomic E-state index is 0.589. The van der Waals surface area contributed by atoms with Gasteiger partial charge in [-0.05, 0) is 18.4 Å². The van der Waals surface area contributed by atoms with Gasteiger partial charge in [-0.15, -0.1) is 10.2 Å². The van der Waals surface area contributed by atoms with Crippen LogP contribution in [0.1, 0.15) is 5.56 Å². The van der Waals surface area contributed by atoms with Gasteiger partial charge in [0.2, 0.25) is 0 Å². The van der Waals surface area contributed by atoms with Crippen LogP contribution in [-0.4, -0.2) is 21.4 Å². The zero-order valence-corrected chi connectivity index (χ0v) is 13.2. The van der Waals surface area contributed by atoms with Gasteiger partial charge >= 0.3 is 0 Å². The molecule has 4 nitrogen and oxygen atoms in total. The zero-order valence-electron chi connectivity index (χ0n) is 10.7. The molecule has 3 aromatic rings. The van der Waals surface area contributed by atoms with E-state index in [0.29, 0.717) is 5.82 Å². The van der Waals surface area contributed by atoms with Crippen molar-refractivity contribution in [2.24, 2.45) is 0 Å². The number of hydrogen-bond donors (Lipinski definition) is 1. The Morgan fingerprint density at radius 2 is 2.00 bits per heavy atom. The topological polar surface area (TPSA) is 64.7 Å². The van der Waals surface area contributed by atoms with Gasteiger partial charge in [-0.25, -0.2) is 4.98 Å². The van der Waals surface area contributed by atoms with Crippen LogP contribution < -0.4 is 5.73 Å². The van der Waals surface area contributed by atoms with E-state index < -0.39 is 0 Å². The minimum Gasteiger partial charge on any atom is -0.383 e. The van der Waals surface area contributed by atoms with Gasteiger partial charge in [0.15, 0.2) is 8.68 Å². The summed E-state index contributed by atoms with van der Waals surface area (Å²) in [7, 11) is 0. The van der Waals surface area contributed by atoms with Crippen LogP contribution >= 0.6 is 34.9 Å². The molecule has 0 amide bonds. The van der Waals surface area contributed by atoms with Crippen molar-refractivity contribution in [3.8, 4) is 0 Å². The van der Waals surface area contributed by atoms with Crippen LogP contribution in [0, 0.1) is 0 Å². The number of pyridine rings is 1. The Morgan fingerprint density at radius 3 is 2.80 bits per heavy atom. The molecule has 20 heavy (non-hydrogen) atoms. The lowest BCUT2D eigenvalue weighted by Crippen LogP contribution is -1.97. The second-order valence-corrected chi connectivity index (χ2v) is 7.31. The lowest BCUT2D eigenvalue weighted by molar-refractivity contribution is 0.955. The summed E-state index contributed by atoms with van der Waals surface area (Å²) in [6, 6.07) is 10.1. The van der Waals surface area contributed by atoms with Gasteiger partial charge in [0.25, 0.3) is 0 Å². The van der Waals surface area contributed by atoms with Crippen LogP contribution in [-0.2, 0) is 5.75 Å². The fourth-order valence-corrected chi connectivity index (χ4v) is 4.19. The third-order valence-electron chi connectivity index (χ3n) is 2.75. The molecule has 1 aromatic carbocycles. The van der Waals surface area contributed by atoms with E-state index in [1.165, 1.54) is 0 Å². The van der Waals surface area contributed by atoms with E-state index in [-0.39, 0.29) is 0 Å². The molecular weight excluding hydrogens is 308 g/mol. The molecule has 0 atom stereocenters. The fourth-order valence-electron chi connectivity index (χ4n) is 1.77. The predicted octanol–water partition coefficient (Wildman–Crippen LogP) is 3.68. The average molecular weight is 320 g/mol. The van der Waals surface area contributed by atoms with E-state index in [1.807, 2.05) is 30.5 Å². The monoisotopic (exact) mass is 320 g/mol. The number of hydrogen-bond acceptors (Lipinski definition) is 7. The fraction of sp³-hybridized carbons (Fsp3) is 0.154. The minimum absolute atomic E-state index is 0.589. The molecule has 7 heteroatoms. The molecule has 0 aliphatic heterocycles. The molecule has 102 valence electrons. The first-order valence-electron chi connectivity index (χ1n) is 5.90. The molecule has 0 aliphatic rings. The first kappa shape index (κ1) is 13.7. The van der Waals surface area contributed by atoms with Crippen LogP contribution in [0.5, 0.6) is 0 Å². The molecule has 0 aliphatic carbocycles. The molecule has 2 heterocycles. The highest BCUT2D eigenvalue weighted by Crippen LogP contribution is 2.31. The van der Waals surface area contributed by atoms with Gasteiger partial charge in [0, 0.05) is 16.7 Å². The van der Waals surface area contributed by atoms with Gasteiger partial charge < -0.3 is 5.73 Å².